The zero-order chi connectivity index (χ0) is 12.9. The van der Waals surface area contributed by atoms with Gasteiger partial charge in [0, 0.05) is 25.7 Å². The van der Waals surface area contributed by atoms with E-state index in [0.29, 0.717) is 0 Å². The van der Waals surface area contributed by atoms with Crippen LogP contribution < -0.4 is 11.0 Å². The molecular formula is C13H15N3O2. The number of rotatable bonds is 2. The van der Waals surface area contributed by atoms with Gasteiger partial charge in [-0.2, -0.15) is 0 Å². The predicted molar refractivity (Wildman–Crippen MR) is 69.5 cm³/mol. The molecule has 0 saturated heterocycles. The van der Waals surface area contributed by atoms with Gasteiger partial charge >= 0.3 is 5.69 Å². The Kier molecular flexibility index (Phi) is 2.29. The number of hydrogen-bond donors (Lipinski definition) is 1. The molecule has 0 spiro atoms. The van der Waals surface area contributed by atoms with E-state index in [4.69, 9.17) is 0 Å². The lowest BCUT2D eigenvalue weighted by Crippen LogP contribution is -2.19. The summed E-state index contributed by atoms with van der Waals surface area (Å²) < 4.78 is 3.18. The zero-order valence-electron chi connectivity index (χ0n) is 10.4. The highest BCUT2D eigenvalue weighted by atomic mass is 16.2. The Morgan fingerprint density at radius 2 is 1.89 bits per heavy atom. The van der Waals surface area contributed by atoms with Crippen LogP contribution in [0, 0.1) is 5.92 Å². The van der Waals surface area contributed by atoms with Crippen molar-refractivity contribution in [3.05, 3.63) is 28.7 Å². The lowest BCUT2D eigenvalue weighted by atomic mass is 10.2. The molecule has 1 aromatic heterocycles. The second-order valence-electron chi connectivity index (χ2n) is 4.87. The number of nitrogens with one attached hydrogen (secondary N) is 1. The van der Waals surface area contributed by atoms with E-state index >= 15 is 0 Å². The van der Waals surface area contributed by atoms with Crippen LogP contribution in [-0.4, -0.2) is 15.0 Å². The SMILES string of the molecule is Cn1c(=O)n(C)c2cc(NC(=O)C3CC3)ccc21. The molecule has 0 atom stereocenters. The quantitative estimate of drug-likeness (QED) is 0.865. The number of carbonyl (C=O) groups excluding carboxylic acids is 1. The fourth-order valence-corrected chi connectivity index (χ4v) is 2.17. The van der Waals surface area contributed by atoms with E-state index < -0.39 is 0 Å². The van der Waals surface area contributed by atoms with Gasteiger partial charge < -0.3 is 5.32 Å². The molecule has 5 nitrogen and oxygen atoms in total. The lowest BCUT2D eigenvalue weighted by molar-refractivity contribution is -0.117. The molecule has 94 valence electrons. The van der Waals surface area contributed by atoms with Gasteiger partial charge in [-0.3, -0.25) is 13.9 Å². The third-order valence-electron chi connectivity index (χ3n) is 3.49. The van der Waals surface area contributed by atoms with Crippen molar-refractivity contribution in [2.75, 3.05) is 5.32 Å². The van der Waals surface area contributed by atoms with Crippen LogP contribution in [0.2, 0.25) is 0 Å². The minimum Gasteiger partial charge on any atom is -0.326 e. The summed E-state index contributed by atoms with van der Waals surface area (Å²) in [6, 6.07) is 5.54. The van der Waals surface area contributed by atoms with Crippen molar-refractivity contribution in [2.45, 2.75) is 12.8 Å². The molecule has 5 heteroatoms. The van der Waals surface area contributed by atoms with Gasteiger partial charge in [-0.15, -0.1) is 0 Å². The van der Waals surface area contributed by atoms with Crippen molar-refractivity contribution in [1.29, 1.82) is 0 Å². The molecule has 1 amide bonds. The number of amides is 1. The van der Waals surface area contributed by atoms with Gasteiger partial charge in [0.1, 0.15) is 0 Å². The molecule has 0 aliphatic heterocycles. The van der Waals surface area contributed by atoms with Gasteiger partial charge in [0.2, 0.25) is 5.91 Å². The minimum atomic E-state index is -0.0596. The summed E-state index contributed by atoms with van der Waals surface area (Å²) in [6.45, 7) is 0. The first-order chi connectivity index (χ1) is 8.58. The van der Waals surface area contributed by atoms with Crippen molar-refractivity contribution in [1.82, 2.24) is 9.13 Å². The van der Waals surface area contributed by atoms with E-state index in [-0.39, 0.29) is 17.5 Å². The lowest BCUT2D eigenvalue weighted by Gasteiger charge is -2.04. The minimum absolute atomic E-state index is 0.0596. The van der Waals surface area contributed by atoms with Gasteiger partial charge in [-0.1, -0.05) is 0 Å². The number of aromatic nitrogens is 2. The smallest absolute Gasteiger partial charge is 0.326 e. The highest BCUT2D eigenvalue weighted by Crippen LogP contribution is 2.30. The maximum atomic E-state index is 11.8. The van der Waals surface area contributed by atoms with Gasteiger partial charge in [0.25, 0.3) is 0 Å². The van der Waals surface area contributed by atoms with Crippen LogP contribution in [0.1, 0.15) is 12.8 Å². The van der Waals surface area contributed by atoms with E-state index in [1.54, 1.807) is 23.2 Å². The predicted octanol–water partition coefficient (Wildman–Crippen LogP) is 1.23. The van der Waals surface area contributed by atoms with Crippen molar-refractivity contribution >= 4 is 22.6 Å². The molecule has 1 aromatic carbocycles. The van der Waals surface area contributed by atoms with Crippen molar-refractivity contribution in [2.24, 2.45) is 20.0 Å². The topological polar surface area (TPSA) is 56.0 Å². The van der Waals surface area contributed by atoms with E-state index in [0.717, 1.165) is 29.6 Å². The third kappa shape index (κ3) is 1.63. The van der Waals surface area contributed by atoms with Gasteiger partial charge in [-0.25, -0.2) is 4.79 Å². The van der Waals surface area contributed by atoms with Crippen molar-refractivity contribution in [3.8, 4) is 0 Å². The fraction of sp³-hybridized carbons (Fsp3) is 0.385. The number of hydrogen-bond acceptors (Lipinski definition) is 2. The first-order valence-corrected chi connectivity index (χ1v) is 6.04. The van der Waals surface area contributed by atoms with Crippen LogP contribution >= 0.6 is 0 Å². The Balaban J connectivity index is 2.02. The molecular weight excluding hydrogens is 230 g/mol. The summed E-state index contributed by atoms with van der Waals surface area (Å²) in [7, 11) is 3.48. The molecule has 1 fully saturated rings. The molecule has 1 heterocycles. The summed E-state index contributed by atoms with van der Waals surface area (Å²) in [5, 5.41) is 2.89. The van der Waals surface area contributed by atoms with Crippen LogP contribution in [0.3, 0.4) is 0 Å². The Labute approximate surface area is 104 Å². The largest absolute Gasteiger partial charge is 0.328 e. The molecule has 1 N–H and O–H groups in total. The van der Waals surface area contributed by atoms with Crippen molar-refractivity contribution < 1.29 is 4.79 Å². The van der Waals surface area contributed by atoms with Gasteiger partial charge in [0.15, 0.2) is 0 Å². The number of aryl methyl sites for hydroxylation is 2. The van der Waals surface area contributed by atoms with Gasteiger partial charge in [-0.05, 0) is 31.0 Å². The second kappa shape index (κ2) is 3.73. The first-order valence-electron chi connectivity index (χ1n) is 6.04. The van der Waals surface area contributed by atoms with Crippen LogP contribution in [-0.2, 0) is 18.9 Å². The third-order valence-corrected chi connectivity index (χ3v) is 3.49. The average Bonchev–Trinajstić information content (AvgIpc) is 3.17. The average molecular weight is 245 g/mol. The molecule has 2 aromatic rings. The zero-order valence-corrected chi connectivity index (χ0v) is 10.4. The maximum Gasteiger partial charge on any atom is 0.328 e. The van der Waals surface area contributed by atoms with E-state index in [1.807, 2.05) is 18.2 Å². The standard InChI is InChI=1S/C13H15N3O2/c1-15-10-6-5-9(14-12(17)8-3-4-8)7-11(10)16(2)13(15)18/h5-8H,3-4H2,1-2H3,(H,14,17). The molecule has 1 aliphatic rings. The highest BCUT2D eigenvalue weighted by molar-refractivity contribution is 5.95. The first kappa shape index (κ1) is 11.1. The van der Waals surface area contributed by atoms with Crippen LogP contribution in [0.25, 0.3) is 11.0 Å². The van der Waals surface area contributed by atoms with Crippen LogP contribution in [0.15, 0.2) is 23.0 Å². The van der Waals surface area contributed by atoms with E-state index in [2.05, 4.69) is 5.32 Å². The normalized spacial score (nSPS) is 15.0. The fourth-order valence-electron chi connectivity index (χ4n) is 2.17. The summed E-state index contributed by atoms with van der Waals surface area (Å²) in [5.74, 6) is 0.260. The monoisotopic (exact) mass is 245 g/mol. The number of fused-ring (bicyclic) bond motifs is 1. The number of anilines is 1. The Morgan fingerprint density at radius 3 is 2.56 bits per heavy atom. The number of nitrogens with zero attached hydrogens (tertiary/aromatic N) is 2. The van der Waals surface area contributed by atoms with Crippen LogP contribution in [0.4, 0.5) is 5.69 Å². The maximum absolute atomic E-state index is 11.8. The summed E-state index contributed by atoms with van der Waals surface area (Å²) in [6.07, 6.45) is 1.97. The Hall–Kier alpha value is -2.04. The molecule has 0 bridgehead atoms. The molecule has 1 saturated carbocycles. The van der Waals surface area contributed by atoms with Crippen molar-refractivity contribution in [3.63, 3.8) is 0 Å². The molecule has 18 heavy (non-hydrogen) atoms. The number of benzene rings is 1. The molecule has 3 rings (SSSR count). The van der Waals surface area contributed by atoms with Gasteiger partial charge in [0.05, 0.1) is 11.0 Å². The molecule has 0 unspecified atom stereocenters. The van der Waals surface area contributed by atoms with E-state index in [1.165, 1.54) is 0 Å². The van der Waals surface area contributed by atoms with Crippen LogP contribution in [0.5, 0.6) is 0 Å². The highest BCUT2D eigenvalue weighted by Gasteiger charge is 2.29. The summed E-state index contributed by atoms with van der Waals surface area (Å²) >= 11 is 0. The van der Waals surface area contributed by atoms with E-state index in [9.17, 15) is 9.59 Å². The second-order valence-corrected chi connectivity index (χ2v) is 4.87. The summed E-state index contributed by atoms with van der Waals surface area (Å²) in [4.78, 5) is 23.5. The molecule has 0 radical (unpaired) electrons. The molecule has 1 aliphatic carbocycles. The number of imidazole rings is 1. The number of carbonyl (C=O) groups is 1. The Bertz CT molecular complexity index is 692. The summed E-state index contributed by atoms with van der Waals surface area (Å²) in [5.41, 5.74) is 2.39. The Morgan fingerprint density at radius 1 is 1.22 bits per heavy atom.